The molecular weight excluding hydrogens is 240 g/mol. The number of hydrogen-bond donors (Lipinski definition) is 2. The van der Waals surface area contributed by atoms with Gasteiger partial charge in [0.25, 0.3) is 0 Å². The number of carbonyl (C=O) groups excluding carboxylic acids is 1. The van der Waals surface area contributed by atoms with Crippen LogP contribution in [0.3, 0.4) is 0 Å². The average Bonchev–Trinajstić information content (AvgIpc) is 3.05. The zero-order valence-corrected chi connectivity index (χ0v) is 11.0. The predicted molar refractivity (Wildman–Crippen MR) is 73.1 cm³/mol. The van der Waals surface area contributed by atoms with Gasteiger partial charge < -0.3 is 15.8 Å². The fourth-order valence-corrected chi connectivity index (χ4v) is 3.16. The van der Waals surface area contributed by atoms with Gasteiger partial charge in [0.2, 0.25) is 5.91 Å². The Balaban J connectivity index is 1.75. The monoisotopic (exact) mass is 260 g/mol. The molecule has 1 aliphatic carbocycles. The van der Waals surface area contributed by atoms with Crippen LogP contribution in [0.4, 0.5) is 0 Å². The SMILES string of the molecule is NCC1(NC(=O)C2COc3ccccc32)CCCC1. The van der Waals surface area contributed by atoms with Gasteiger partial charge in [0.15, 0.2) is 0 Å². The zero-order chi connectivity index (χ0) is 13.3. The van der Waals surface area contributed by atoms with Crippen LogP contribution in [0.25, 0.3) is 0 Å². The first-order valence-corrected chi connectivity index (χ1v) is 6.98. The number of nitrogens with one attached hydrogen (secondary N) is 1. The Morgan fingerprint density at radius 1 is 1.37 bits per heavy atom. The number of benzene rings is 1. The first-order chi connectivity index (χ1) is 9.24. The minimum absolute atomic E-state index is 0.0531. The van der Waals surface area contributed by atoms with Crippen molar-refractivity contribution in [1.29, 1.82) is 0 Å². The molecule has 4 heteroatoms. The molecule has 0 spiro atoms. The summed E-state index contributed by atoms with van der Waals surface area (Å²) >= 11 is 0. The van der Waals surface area contributed by atoms with E-state index in [-0.39, 0.29) is 17.4 Å². The van der Waals surface area contributed by atoms with Gasteiger partial charge >= 0.3 is 0 Å². The molecule has 1 atom stereocenters. The van der Waals surface area contributed by atoms with Gasteiger partial charge in [-0.3, -0.25) is 4.79 Å². The van der Waals surface area contributed by atoms with Gasteiger partial charge in [0.05, 0.1) is 5.54 Å². The molecule has 1 unspecified atom stereocenters. The molecular formula is C15H20N2O2. The summed E-state index contributed by atoms with van der Waals surface area (Å²) in [6.07, 6.45) is 4.28. The van der Waals surface area contributed by atoms with Gasteiger partial charge in [-0.15, -0.1) is 0 Å². The van der Waals surface area contributed by atoms with Gasteiger partial charge in [-0.25, -0.2) is 0 Å². The predicted octanol–water partition coefficient (Wildman–Crippen LogP) is 1.55. The van der Waals surface area contributed by atoms with Crippen molar-refractivity contribution in [2.45, 2.75) is 37.1 Å². The van der Waals surface area contributed by atoms with Gasteiger partial charge in [-0.1, -0.05) is 31.0 Å². The largest absolute Gasteiger partial charge is 0.492 e. The Labute approximate surface area is 113 Å². The van der Waals surface area contributed by atoms with Gasteiger partial charge in [-0.05, 0) is 18.9 Å². The molecule has 1 fully saturated rings. The summed E-state index contributed by atoms with van der Waals surface area (Å²) in [6.45, 7) is 0.958. The first kappa shape index (κ1) is 12.5. The molecule has 4 nitrogen and oxygen atoms in total. The van der Waals surface area contributed by atoms with Crippen molar-refractivity contribution >= 4 is 5.91 Å². The minimum Gasteiger partial charge on any atom is -0.492 e. The molecule has 3 N–H and O–H groups in total. The number of fused-ring (bicyclic) bond motifs is 1. The number of amides is 1. The first-order valence-electron chi connectivity index (χ1n) is 6.98. The molecule has 102 valence electrons. The topological polar surface area (TPSA) is 64.3 Å². The Morgan fingerprint density at radius 3 is 2.84 bits per heavy atom. The molecule has 1 aromatic rings. The van der Waals surface area contributed by atoms with Crippen molar-refractivity contribution in [3.8, 4) is 5.75 Å². The van der Waals surface area contributed by atoms with Crippen LogP contribution in [-0.2, 0) is 4.79 Å². The highest BCUT2D eigenvalue weighted by atomic mass is 16.5. The van der Waals surface area contributed by atoms with Crippen LogP contribution in [0.2, 0.25) is 0 Å². The van der Waals surface area contributed by atoms with Crippen LogP contribution in [0.5, 0.6) is 5.75 Å². The normalized spacial score (nSPS) is 23.7. The summed E-state index contributed by atoms with van der Waals surface area (Å²) in [5, 5.41) is 3.18. The third kappa shape index (κ3) is 2.21. The Morgan fingerprint density at radius 2 is 2.11 bits per heavy atom. The summed E-state index contributed by atoms with van der Waals surface area (Å²) in [5.41, 5.74) is 6.67. The molecule has 0 aromatic heterocycles. The van der Waals surface area contributed by atoms with Crippen LogP contribution in [0, 0.1) is 0 Å². The standard InChI is InChI=1S/C15H20N2O2/c16-10-15(7-3-4-8-15)17-14(18)12-9-19-13-6-2-1-5-11(12)13/h1-2,5-6,12H,3-4,7-10,16H2,(H,17,18). The molecule has 0 saturated heterocycles. The highest BCUT2D eigenvalue weighted by molar-refractivity contribution is 5.86. The molecule has 1 saturated carbocycles. The number of rotatable bonds is 3. The van der Waals surface area contributed by atoms with E-state index < -0.39 is 0 Å². The molecule has 3 rings (SSSR count). The van der Waals surface area contributed by atoms with Gasteiger partial charge in [0.1, 0.15) is 18.3 Å². The van der Waals surface area contributed by atoms with Crippen LogP contribution in [0.1, 0.15) is 37.2 Å². The van der Waals surface area contributed by atoms with E-state index in [9.17, 15) is 4.79 Å². The van der Waals surface area contributed by atoms with Crippen molar-refractivity contribution in [2.24, 2.45) is 5.73 Å². The molecule has 1 aliphatic heterocycles. The van der Waals surface area contributed by atoms with Crippen molar-refractivity contribution in [3.63, 3.8) is 0 Å². The van der Waals surface area contributed by atoms with Crippen LogP contribution < -0.4 is 15.8 Å². The second-order valence-corrected chi connectivity index (χ2v) is 5.58. The molecule has 1 aromatic carbocycles. The van der Waals surface area contributed by atoms with E-state index in [2.05, 4.69) is 5.32 Å². The molecule has 1 amide bonds. The smallest absolute Gasteiger partial charge is 0.231 e. The van der Waals surface area contributed by atoms with E-state index in [1.54, 1.807) is 0 Å². The maximum atomic E-state index is 12.5. The molecule has 0 radical (unpaired) electrons. The maximum absolute atomic E-state index is 12.5. The average molecular weight is 260 g/mol. The fourth-order valence-electron chi connectivity index (χ4n) is 3.16. The van der Waals surface area contributed by atoms with Crippen LogP contribution >= 0.6 is 0 Å². The lowest BCUT2D eigenvalue weighted by Crippen LogP contribution is -2.53. The van der Waals surface area contributed by atoms with E-state index in [1.807, 2.05) is 24.3 Å². The Hall–Kier alpha value is -1.55. The van der Waals surface area contributed by atoms with Crippen molar-refractivity contribution in [2.75, 3.05) is 13.2 Å². The summed E-state index contributed by atoms with van der Waals surface area (Å²) < 4.78 is 5.57. The van der Waals surface area contributed by atoms with Crippen molar-refractivity contribution in [1.82, 2.24) is 5.32 Å². The van der Waals surface area contributed by atoms with Crippen LogP contribution in [0.15, 0.2) is 24.3 Å². The van der Waals surface area contributed by atoms with Crippen LogP contribution in [-0.4, -0.2) is 24.6 Å². The molecule has 1 heterocycles. The summed E-state index contributed by atoms with van der Waals surface area (Å²) in [7, 11) is 0. The Kier molecular flexibility index (Phi) is 3.19. The van der Waals surface area contributed by atoms with Gasteiger partial charge in [-0.2, -0.15) is 0 Å². The molecule has 19 heavy (non-hydrogen) atoms. The lowest BCUT2D eigenvalue weighted by Gasteiger charge is -2.30. The van der Waals surface area contributed by atoms with E-state index in [4.69, 9.17) is 10.5 Å². The van der Waals surface area contributed by atoms with E-state index in [0.29, 0.717) is 13.2 Å². The lowest BCUT2D eigenvalue weighted by atomic mass is 9.94. The highest BCUT2D eigenvalue weighted by Gasteiger charge is 2.38. The number of para-hydroxylation sites is 1. The van der Waals surface area contributed by atoms with Crippen molar-refractivity contribution < 1.29 is 9.53 Å². The molecule has 2 aliphatic rings. The van der Waals surface area contributed by atoms with E-state index in [1.165, 1.54) is 0 Å². The minimum atomic E-state index is -0.194. The summed E-state index contributed by atoms with van der Waals surface area (Å²) in [5.74, 6) is 0.688. The third-order valence-corrected chi connectivity index (χ3v) is 4.36. The second kappa shape index (κ2) is 4.85. The lowest BCUT2D eigenvalue weighted by molar-refractivity contribution is -0.124. The number of hydrogen-bond acceptors (Lipinski definition) is 3. The maximum Gasteiger partial charge on any atom is 0.231 e. The van der Waals surface area contributed by atoms with E-state index in [0.717, 1.165) is 37.0 Å². The quantitative estimate of drug-likeness (QED) is 0.866. The third-order valence-electron chi connectivity index (χ3n) is 4.36. The molecule has 0 bridgehead atoms. The summed E-state index contributed by atoms with van der Waals surface area (Å²) in [4.78, 5) is 12.5. The Bertz CT molecular complexity index is 481. The van der Waals surface area contributed by atoms with Gasteiger partial charge in [0, 0.05) is 12.1 Å². The van der Waals surface area contributed by atoms with Crippen molar-refractivity contribution in [3.05, 3.63) is 29.8 Å². The number of nitrogens with two attached hydrogens (primary N) is 1. The highest BCUT2D eigenvalue weighted by Crippen LogP contribution is 2.35. The number of carbonyl (C=O) groups is 1. The fraction of sp³-hybridized carbons (Fsp3) is 0.533. The second-order valence-electron chi connectivity index (χ2n) is 5.58. The van der Waals surface area contributed by atoms with E-state index >= 15 is 0 Å². The number of ether oxygens (including phenoxy) is 1. The summed E-state index contributed by atoms with van der Waals surface area (Å²) in [6, 6.07) is 7.76. The zero-order valence-electron chi connectivity index (χ0n) is 11.0.